The molecule has 0 aliphatic carbocycles. The van der Waals surface area contributed by atoms with Gasteiger partial charge in [0.25, 0.3) is 11.8 Å². The molecular formula is C36H32N2O2. The number of aryl methyl sites for hydroxylation is 2. The molecule has 2 amide bonds. The van der Waals surface area contributed by atoms with Crippen LogP contribution in [-0.4, -0.2) is 11.8 Å². The lowest BCUT2D eigenvalue weighted by Crippen LogP contribution is -2.32. The average Bonchev–Trinajstić information content (AvgIpc) is 3.00. The van der Waals surface area contributed by atoms with Gasteiger partial charge in [0.05, 0.1) is 13.1 Å². The first-order chi connectivity index (χ1) is 19.5. The number of carbonyl (C=O) groups excluding carboxylic acids is 2. The molecule has 0 N–H and O–H groups in total. The number of hydrogen-bond acceptors (Lipinski definition) is 2. The van der Waals surface area contributed by atoms with Crippen LogP contribution in [0.2, 0.25) is 0 Å². The van der Waals surface area contributed by atoms with Crippen LogP contribution < -0.4 is 9.80 Å². The summed E-state index contributed by atoms with van der Waals surface area (Å²) >= 11 is 0. The van der Waals surface area contributed by atoms with Crippen LogP contribution in [0.25, 0.3) is 0 Å². The van der Waals surface area contributed by atoms with E-state index in [1.165, 1.54) is 0 Å². The molecule has 0 bridgehead atoms. The van der Waals surface area contributed by atoms with Gasteiger partial charge in [-0.2, -0.15) is 0 Å². The second kappa shape index (κ2) is 12.3. The molecular weight excluding hydrogens is 492 g/mol. The third-order valence-corrected chi connectivity index (χ3v) is 6.91. The molecule has 0 fully saturated rings. The van der Waals surface area contributed by atoms with Crippen molar-refractivity contribution in [3.63, 3.8) is 0 Å². The van der Waals surface area contributed by atoms with Crippen molar-refractivity contribution in [3.8, 4) is 0 Å². The standard InChI is InChI=1S/C36H32N2O2/c1-27-16-20-33(21-17-27)37(25-29-10-5-3-6-11-29)35(39)31-14-9-15-32(24-31)36(40)38(26-30-12-7-4-8-13-30)34-22-18-28(2)19-23-34/h3-24H,25-26H2,1-2H3. The number of anilines is 2. The molecule has 0 unspecified atom stereocenters. The SMILES string of the molecule is Cc1ccc(N(Cc2ccccc2)C(=O)c2cccc(C(=O)N(Cc3ccccc3)c3ccc(C)cc3)c2)cc1. The summed E-state index contributed by atoms with van der Waals surface area (Å²) in [6, 6.07) is 42.8. The lowest BCUT2D eigenvalue weighted by Gasteiger charge is -2.25. The van der Waals surface area contributed by atoms with E-state index in [-0.39, 0.29) is 11.8 Å². The van der Waals surface area contributed by atoms with Crippen LogP contribution in [0.3, 0.4) is 0 Å². The van der Waals surface area contributed by atoms with E-state index in [1.807, 2.05) is 123 Å². The van der Waals surface area contributed by atoms with E-state index in [9.17, 15) is 9.59 Å². The van der Waals surface area contributed by atoms with Gasteiger partial charge >= 0.3 is 0 Å². The van der Waals surface area contributed by atoms with Gasteiger partial charge in [0.15, 0.2) is 0 Å². The molecule has 0 spiro atoms. The minimum absolute atomic E-state index is 0.160. The van der Waals surface area contributed by atoms with Gasteiger partial charge in [-0.3, -0.25) is 9.59 Å². The molecule has 0 atom stereocenters. The van der Waals surface area contributed by atoms with Crippen molar-refractivity contribution in [2.24, 2.45) is 0 Å². The van der Waals surface area contributed by atoms with Crippen molar-refractivity contribution in [2.45, 2.75) is 26.9 Å². The smallest absolute Gasteiger partial charge is 0.258 e. The third kappa shape index (κ3) is 6.36. The highest BCUT2D eigenvalue weighted by Gasteiger charge is 2.22. The van der Waals surface area contributed by atoms with Crippen LogP contribution in [0, 0.1) is 13.8 Å². The van der Waals surface area contributed by atoms with Crippen LogP contribution in [0.1, 0.15) is 43.0 Å². The molecule has 5 aromatic carbocycles. The topological polar surface area (TPSA) is 40.6 Å². The molecule has 40 heavy (non-hydrogen) atoms. The fraction of sp³-hybridized carbons (Fsp3) is 0.111. The van der Waals surface area contributed by atoms with Crippen LogP contribution >= 0.6 is 0 Å². The molecule has 5 aromatic rings. The minimum Gasteiger partial charge on any atom is -0.304 e. The maximum Gasteiger partial charge on any atom is 0.258 e. The average molecular weight is 525 g/mol. The number of carbonyl (C=O) groups is 2. The predicted molar refractivity (Wildman–Crippen MR) is 163 cm³/mol. The molecule has 0 radical (unpaired) electrons. The maximum atomic E-state index is 14.0. The lowest BCUT2D eigenvalue weighted by molar-refractivity contribution is 0.0984. The Morgan fingerprint density at radius 3 is 1.23 bits per heavy atom. The molecule has 4 nitrogen and oxygen atoms in total. The summed E-state index contributed by atoms with van der Waals surface area (Å²) in [5, 5.41) is 0. The highest BCUT2D eigenvalue weighted by Crippen LogP contribution is 2.24. The zero-order valence-corrected chi connectivity index (χ0v) is 22.8. The van der Waals surface area contributed by atoms with E-state index < -0.39 is 0 Å². The Hall–Kier alpha value is -4.96. The van der Waals surface area contributed by atoms with Crippen LogP contribution in [-0.2, 0) is 13.1 Å². The second-order valence-electron chi connectivity index (χ2n) is 10.0. The van der Waals surface area contributed by atoms with Crippen molar-refractivity contribution in [3.05, 3.63) is 167 Å². The summed E-state index contributed by atoms with van der Waals surface area (Å²) in [4.78, 5) is 31.5. The van der Waals surface area contributed by atoms with E-state index in [2.05, 4.69) is 0 Å². The molecule has 0 heterocycles. The van der Waals surface area contributed by atoms with E-state index in [1.54, 1.807) is 34.1 Å². The predicted octanol–water partition coefficient (Wildman–Crippen LogP) is 8.00. The Bertz CT molecular complexity index is 1460. The highest BCUT2D eigenvalue weighted by molar-refractivity contribution is 6.10. The van der Waals surface area contributed by atoms with E-state index in [4.69, 9.17) is 0 Å². The van der Waals surface area contributed by atoms with E-state index in [0.29, 0.717) is 24.2 Å². The largest absolute Gasteiger partial charge is 0.304 e. The monoisotopic (exact) mass is 524 g/mol. The first-order valence-electron chi connectivity index (χ1n) is 13.4. The molecule has 198 valence electrons. The fourth-order valence-corrected chi connectivity index (χ4v) is 4.64. The molecule has 0 aliphatic heterocycles. The summed E-state index contributed by atoms with van der Waals surface area (Å²) in [6.07, 6.45) is 0. The zero-order valence-electron chi connectivity index (χ0n) is 22.8. The summed E-state index contributed by atoms with van der Waals surface area (Å²) < 4.78 is 0. The van der Waals surface area contributed by atoms with E-state index in [0.717, 1.165) is 33.6 Å². The van der Waals surface area contributed by atoms with Gasteiger partial charge in [-0.15, -0.1) is 0 Å². The molecule has 5 rings (SSSR count). The fourth-order valence-electron chi connectivity index (χ4n) is 4.64. The number of amides is 2. The van der Waals surface area contributed by atoms with Gasteiger partial charge in [-0.25, -0.2) is 0 Å². The normalized spacial score (nSPS) is 10.7. The van der Waals surface area contributed by atoms with Crippen molar-refractivity contribution in [2.75, 3.05) is 9.80 Å². The Morgan fingerprint density at radius 1 is 0.475 bits per heavy atom. The van der Waals surface area contributed by atoms with Gasteiger partial charge in [0.2, 0.25) is 0 Å². The Balaban J connectivity index is 1.48. The highest BCUT2D eigenvalue weighted by atomic mass is 16.2. The number of hydrogen-bond donors (Lipinski definition) is 0. The maximum absolute atomic E-state index is 14.0. The second-order valence-corrected chi connectivity index (χ2v) is 10.0. The zero-order chi connectivity index (χ0) is 27.9. The molecule has 4 heteroatoms. The number of rotatable bonds is 8. The number of benzene rings is 5. The Kier molecular flexibility index (Phi) is 8.17. The molecule has 0 aromatic heterocycles. The van der Waals surface area contributed by atoms with E-state index >= 15 is 0 Å². The van der Waals surface area contributed by atoms with Crippen LogP contribution in [0.15, 0.2) is 133 Å². The minimum atomic E-state index is -0.160. The first kappa shape index (κ1) is 26.6. The van der Waals surface area contributed by atoms with Crippen molar-refractivity contribution >= 4 is 23.2 Å². The molecule has 0 saturated heterocycles. The summed E-state index contributed by atoms with van der Waals surface area (Å²) in [6.45, 7) is 4.89. The van der Waals surface area contributed by atoms with Gasteiger partial charge in [0.1, 0.15) is 0 Å². The molecule has 0 aliphatic rings. The van der Waals surface area contributed by atoms with Crippen molar-refractivity contribution < 1.29 is 9.59 Å². The Labute approximate surface area is 236 Å². The van der Waals surface area contributed by atoms with Gasteiger partial charge in [-0.05, 0) is 67.4 Å². The van der Waals surface area contributed by atoms with Crippen molar-refractivity contribution in [1.29, 1.82) is 0 Å². The summed E-state index contributed by atoms with van der Waals surface area (Å²) in [7, 11) is 0. The van der Waals surface area contributed by atoms with Gasteiger partial charge < -0.3 is 9.80 Å². The quantitative estimate of drug-likeness (QED) is 0.206. The number of nitrogens with zero attached hydrogens (tertiary/aromatic N) is 2. The van der Waals surface area contributed by atoms with Crippen LogP contribution in [0.4, 0.5) is 11.4 Å². The van der Waals surface area contributed by atoms with Gasteiger partial charge in [0, 0.05) is 22.5 Å². The van der Waals surface area contributed by atoms with Gasteiger partial charge in [-0.1, -0.05) is 102 Å². The summed E-state index contributed by atoms with van der Waals surface area (Å²) in [5.41, 5.74) is 6.84. The molecule has 0 saturated carbocycles. The van der Waals surface area contributed by atoms with Crippen LogP contribution in [0.5, 0.6) is 0 Å². The van der Waals surface area contributed by atoms with Crippen molar-refractivity contribution in [1.82, 2.24) is 0 Å². The lowest BCUT2D eigenvalue weighted by atomic mass is 10.1. The Morgan fingerprint density at radius 2 is 0.850 bits per heavy atom. The first-order valence-corrected chi connectivity index (χ1v) is 13.4. The third-order valence-electron chi connectivity index (χ3n) is 6.91. The summed E-state index contributed by atoms with van der Waals surface area (Å²) in [5.74, 6) is -0.320.